The monoisotopic (exact) mass is 167 g/mol. The molecule has 0 aliphatic heterocycles. The normalized spacial score (nSPS) is 10.5. The van der Waals surface area contributed by atoms with Crippen molar-refractivity contribution in [1.29, 1.82) is 0 Å². The minimum atomic E-state index is 0.0289. The molecule has 0 spiro atoms. The maximum absolute atomic E-state index is 9.23. The van der Waals surface area contributed by atoms with Crippen LogP contribution in [0.2, 0.25) is 0 Å². The molecule has 1 heterocycles. The molecule has 1 aromatic heterocycles. The van der Waals surface area contributed by atoms with Gasteiger partial charge in [-0.2, -0.15) is 0 Å². The van der Waals surface area contributed by atoms with Crippen LogP contribution in [0.15, 0.2) is 17.6 Å². The van der Waals surface area contributed by atoms with Crippen molar-refractivity contribution in [3.05, 3.63) is 17.6 Å². The Balaban J connectivity index is 2.91. The van der Waals surface area contributed by atoms with E-state index >= 15 is 0 Å². The summed E-state index contributed by atoms with van der Waals surface area (Å²) < 4.78 is 0.794. The summed E-state index contributed by atoms with van der Waals surface area (Å²) in [4.78, 5) is 3.92. The van der Waals surface area contributed by atoms with E-state index in [-0.39, 0.29) is 11.5 Å². The first-order valence-corrected chi connectivity index (χ1v) is 3.90. The lowest BCUT2D eigenvalue weighted by Crippen LogP contribution is -1.69. The molecule has 0 saturated heterocycles. The van der Waals surface area contributed by atoms with Gasteiger partial charge in [0.1, 0.15) is 17.0 Å². The van der Waals surface area contributed by atoms with Crippen LogP contribution in [0, 0.1) is 0 Å². The van der Waals surface area contributed by atoms with Gasteiger partial charge < -0.3 is 10.2 Å². The number of fused-ring (bicyclic) bond motifs is 1. The van der Waals surface area contributed by atoms with E-state index in [4.69, 9.17) is 5.11 Å². The minimum Gasteiger partial charge on any atom is -0.508 e. The van der Waals surface area contributed by atoms with E-state index in [9.17, 15) is 5.11 Å². The molecule has 0 aliphatic rings. The molecule has 1 aromatic carbocycles. The van der Waals surface area contributed by atoms with Crippen molar-refractivity contribution >= 4 is 21.6 Å². The average Bonchev–Trinajstić information content (AvgIpc) is 2.34. The van der Waals surface area contributed by atoms with Crippen LogP contribution in [-0.4, -0.2) is 15.2 Å². The van der Waals surface area contributed by atoms with E-state index in [1.165, 1.54) is 17.4 Å². The summed E-state index contributed by atoms with van der Waals surface area (Å²) >= 11 is 1.38. The molecular weight excluding hydrogens is 162 g/mol. The molecule has 0 radical (unpaired) electrons. The Hall–Kier alpha value is -1.29. The quantitative estimate of drug-likeness (QED) is 0.628. The van der Waals surface area contributed by atoms with Crippen LogP contribution in [0.3, 0.4) is 0 Å². The molecular formula is C7H5NO2S. The third-order valence-electron chi connectivity index (χ3n) is 1.40. The van der Waals surface area contributed by atoms with Gasteiger partial charge in [0.05, 0.1) is 10.2 Å². The lowest BCUT2D eigenvalue weighted by atomic mass is 10.3. The van der Waals surface area contributed by atoms with Crippen molar-refractivity contribution in [2.75, 3.05) is 0 Å². The summed E-state index contributed by atoms with van der Waals surface area (Å²) in [7, 11) is 0. The zero-order chi connectivity index (χ0) is 7.84. The number of hydrogen-bond donors (Lipinski definition) is 2. The van der Waals surface area contributed by atoms with Crippen molar-refractivity contribution in [3.8, 4) is 11.5 Å². The average molecular weight is 167 g/mol. The van der Waals surface area contributed by atoms with E-state index in [0.29, 0.717) is 5.52 Å². The topological polar surface area (TPSA) is 53.4 Å². The van der Waals surface area contributed by atoms with Gasteiger partial charge in [0.15, 0.2) is 0 Å². The molecule has 0 unspecified atom stereocenters. The maximum atomic E-state index is 9.23. The third-order valence-corrected chi connectivity index (χ3v) is 2.18. The first kappa shape index (κ1) is 6.42. The lowest BCUT2D eigenvalue weighted by molar-refractivity contribution is 0.454. The summed E-state index contributed by atoms with van der Waals surface area (Å²) in [6.45, 7) is 0. The Morgan fingerprint density at radius 1 is 1.27 bits per heavy atom. The second-order valence-electron chi connectivity index (χ2n) is 2.16. The van der Waals surface area contributed by atoms with Gasteiger partial charge >= 0.3 is 0 Å². The summed E-state index contributed by atoms with van der Waals surface area (Å²) in [6, 6.07) is 2.86. The zero-order valence-electron chi connectivity index (χ0n) is 5.48. The van der Waals surface area contributed by atoms with E-state index in [2.05, 4.69) is 4.98 Å². The number of aromatic nitrogens is 1. The number of hydrogen-bond acceptors (Lipinski definition) is 4. The molecule has 4 heteroatoms. The number of aromatic hydroxyl groups is 2. The van der Waals surface area contributed by atoms with Gasteiger partial charge in [-0.15, -0.1) is 11.3 Å². The van der Waals surface area contributed by atoms with Gasteiger partial charge in [0, 0.05) is 6.07 Å². The third kappa shape index (κ3) is 0.914. The summed E-state index contributed by atoms with van der Waals surface area (Å²) in [5.74, 6) is 0.0977. The van der Waals surface area contributed by atoms with Crippen molar-refractivity contribution in [2.45, 2.75) is 0 Å². The Bertz CT molecular complexity index is 396. The highest BCUT2D eigenvalue weighted by Crippen LogP contribution is 2.30. The Labute approximate surface area is 66.6 Å². The maximum Gasteiger partial charge on any atom is 0.146 e. The molecule has 2 aromatic rings. The predicted molar refractivity (Wildman–Crippen MR) is 42.9 cm³/mol. The standard InChI is InChI=1S/C7H5NO2S/c9-4-1-5(10)7-6(2-4)11-3-8-7/h1-3,9-10H. The molecule has 11 heavy (non-hydrogen) atoms. The Morgan fingerprint density at radius 3 is 2.91 bits per heavy atom. The highest BCUT2D eigenvalue weighted by Gasteiger charge is 2.03. The molecule has 0 aliphatic carbocycles. The number of nitrogens with zero attached hydrogens (tertiary/aromatic N) is 1. The zero-order valence-corrected chi connectivity index (χ0v) is 6.30. The van der Waals surface area contributed by atoms with Crippen LogP contribution in [0.4, 0.5) is 0 Å². The largest absolute Gasteiger partial charge is 0.508 e. The number of phenolic OH excluding ortho intramolecular Hbond substituents is 2. The summed E-state index contributed by atoms with van der Waals surface area (Å²) in [6.07, 6.45) is 0. The number of thiazole rings is 1. The van der Waals surface area contributed by atoms with Gasteiger partial charge in [-0.3, -0.25) is 0 Å². The number of benzene rings is 1. The molecule has 2 N–H and O–H groups in total. The molecule has 0 fully saturated rings. The van der Waals surface area contributed by atoms with E-state index in [1.807, 2.05) is 0 Å². The molecule has 3 nitrogen and oxygen atoms in total. The lowest BCUT2D eigenvalue weighted by Gasteiger charge is -1.93. The van der Waals surface area contributed by atoms with Gasteiger partial charge in [0.2, 0.25) is 0 Å². The van der Waals surface area contributed by atoms with Crippen LogP contribution < -0.4 is 0 Å². The fourth-order valence-electron chi connectivity index (χ4n) is 0.934. The SMILES string of the molecule is Oc1cc(O)c2ncsc2c1. The highest BCUT2D eigenvalue weighted by atomic mass is 32.1. The Morgan fingerprint density at radius 2 is 2.09 bits per heavy atom. The Kier molecular flexibility index (Phi) is 1.22. The molecule has 0 atom stereocenters. The van der Waals surface area contributed by atoms with Crippen molar-refractivity contribution in [3.63, 3.8) is 0 Å². The number of rotatable bonds is 0. The fourth-order valence-corrected chi connectivity index (χ4v) is 1.66. The number of phenols is 2. The van der Waals surface area contributed by atoms with Crippen LogP contribution >= 0.6 is 11.3 Å². The minimum absolute atomic E-state index is 0.0289. The van der Waals surface area contributed by atoms with Gasteiger partial charge in [-0.25, -0.2) is 4.98 Å². The molecule has 2 rings (SSSR count). The van der Waals surface area contributed by atoms with Crippen LogP contribution in [0.5, 0.6) is 11.5 Å². The van der Waals surface area contributed by atoms with Crippen LogP contribution in [0.1, 0.15) is 0 Å². The second-order valence-corrected chi connectivity index (χ2v) is 3.05. The van der Waals surface area contributed by atoms with E-state index < -0.39 is 0 Å². The first-order valence-electron chi connectivity index (χ1n) is 3.02. The van der Waals surface area contributed by atoms with Crippen molar-refractivity contribution in [2.24, 2.45) is 0 Å². The predicted octanol–water partition coefficient (Wildman–Crippen LogP) is 1.71. The van der Waals surface area contributed by atoms with E-state index in [0.717, 1.165) is 4.70 Å². The van der Waals surface area contributed by atoms with Gasteiger partial charge in [-0.1, -0.05) is 0 Å². The van der Waals surface area contributed by atoms with Gasteiger partial charge in [0.25, 0.3) is 0 Å². The molecule has 0 saturated carbocycles. The van der Waals surface area contributed by atoms with Gasteiger partial charge in [-0.05, 0) is 6.07 Å². The van der Waals surface area contributed by atoms with E-state index in [1.54, 1.807) is 11.6 Å². The second kappa shape index (κ2) is 2.10. The fraction of sp³-hybridized carbons (Fsp3) is 0. The van der Waals surface area contributed by atoms with Crippen LogP contribution in [-0.2, 0) is 0 Å². The summed E-state index contributed by atoms with van der Waals surface area (Å²) in [5.41, 5.74) is 2.18. The van der Waals surface area contributed by atoms with Crippen LogP contribution in [0.25, 0.3) is 10.2 Å². The smallest absolute Gasteiger partial charge is 0.146 e. The molecule has 0 bridgehead atoms. The highest BCUT2D eigenvalue weighted by molar-refractivity contribution is 7.16. The van der Waals surface area contributed by atoms with Crippen molar-refractivity contribution < 1.29 is 10.2 Å². The van der Waals surface area contributed by atoms with Crippen molar-refractivity contribution in [1.82, 2.24) is 4.98 Å². The first-order chi connectivity index (χ1) is 5.27. The molecule has 0 amide bonds. The summed E-state index contributed by atoms with van der Waals surface area (Å²) in [5, 5.41) is 18.3. The molecule has 56 valence electrons.